The Balaban J connectivity index is 1.61. The van der Waals surface area contributed by atoms with Crippen LogP contribution in [0.4, 0.5) is 41.3 Å². The van der Waals surface area contributed by atoms with Crippen LogP contribution in [0.2, 0.25) is 0 Å². The lowest BCUT2D eigenvalue weighted by Gasteiger charge is -2.40. The molecule has 0 unspecified atom stereocenters. The first-order valence-electron chi connectivity index (χ1n) is 13.0. The van der Waals surface area contributed by atoms with Gasteiger partial charge >= 0.3 is 24.5 Å². The van der Waals surface area contributed by atoms with E-state index in [1.54, 1.807) is 6.07 Å². The number of phenolic OH excluding ortho intramolecular Hbond substituents is 1. The largest absolute Gasteiger partial charge is 0.508 e. The minimum absolute atomic E-state index is 0.0461. The Kier molecular flexibility index (Phi) is 6.65. The van der Waals surface area contributed by atoms with Gasteiger partial charge in [0.15, 0.2) is 12.4 Å². The maximum Gasteiger partial charge on any atom is 0.422 e. The zero-order valence-electron chi connectivity index (χ0n) is 21.9. The van der Waals surface area contributed by atoms with Gasteiger partial charge in [0.2, 0.25) is 0 Å². The smallest absolute Gasteiger partial charge is 0.422 e. The molecule has 2 saturated heterocycles. The van der Waals surface area contributed by atoms with Gasteiger partial charge in [-0.15, -0.1) is 0 Å². The van der Waals surface area contributed by atoms with Crippen molar-refractivity contribution in [1.29, 1.82) is 0 Å². The molecule has 0 radical (unpaired) electrons. The third kappa shape index (κ3) is 5.16. The molecule has 226 valence electrons. The average molecular weight is 610 g/mol. The number of hydrogen-bond acceptors (Lipinski definition) is 6. The van der Waals surface area contributed by atoms with Gasteiger partial charge in [-0.1, -0.05) is 24.3 Å². The minimum atomic E-state index is -5.12. The maximum absolute atomic E-state index is 16.5. The Labute approximate surface area is 237 Å². The summed E-state index contributed by atoms with van der Waals surface area (Å²) >= 11 is 0. The maximum atomic E-state index is 16.5. The van der Waals surface area contributed by atoms with Crippen molar-refractivity contribution in [3.8, 4) is 22.9 Å². The quantitative estimate of drug-likeness (QED) is 0.252. The average Bonchev–Trinajstić information content (AvgIpc) is 3.20. The van der Waals surface area contributed by atoms with Gasteiger partial charge in [0.1, 0.15) is 17.1 Å². The third-order valence-electron chi connectivity index (χ3n) is 7.68. The fraction of sp³-hybridized carbons (Fsp3) is 0.321. The number of carbonyl (C=O) groups is 1. The van der Waals surface area contributed by atoms with Gasteiger partial charge in [0.25, 0.3) is 0 Å². The number of fused-ring (bicyclic) bond motifs is 4. The van der Waals surface area contributed by atoms with E-state index >= 15 is 4.39 Å². The number of phenols is 1. The first-order chi connectivity index (χ1) is 20.2. The van der Waals surface area contributed by atoms with Crippen LogP contribution in [0, 0.1) is 5.82 Å². The highest BCUT2D eigenvalue weighted by Gasteiger charge is 2.44. The molecule has 8 nitrogen and oxygen atoms in total. The fourth-order valence-electron chi connectivity index (χ4n) is 6.02. The number of hydrogen-bond donors (Lipinski definition) is 2. The molecule has 2 aliphatic heterocycles. The molecule has 2 atom stereocenters. The molecule has 0 spiro atoms. The number of carboxylic acid groups (broad SMARTS) is 1. The van der Waals surface area contributed by atoms with Crippen LogP contribution in [0.25, 0.3) is 32.8 Å². The Hall–Kier alpha value is -4.56. The second-order valence-corrected chi connectivity index (χ2v) is 10.4. The summed E-state index contributed by atoms with van der Waals surface area (Å²) in [4.78, 5) is 22.2. The van der Waals surface area contributed by atoms with Crippen molar-refractivity contribution in [3.63, 3.8) is 0 Å². The lowest BCUT2D eigenvalue weighted by Crippen LogP contribution is -2.55. The van der Waals surface area contributed by atoms with Crippen molar-refractivity contribution in [2.24, 2.45) is 0 Å². The molecular weight excluding hydrogens is 589 g/mol. The predicted octanol–water partition coefficient (Wildman–Crippen LogP) is 6.59. The van der Waals surface area contributed by atoms with E-state index in [4.69, 9.17) is 4.74 Å². The van der Waals surface area contributed by atoms with E-state index in [1.165, 1.54) is 34.1 Å². The highest BCUT2D eigenvalue weighted by molar-refractivity contribution is 6.02. The molecule has 0 saturated carbocycles. The zero-order valence-corrected chi connectivity index (χ0v) is 21.9. The Bertz CT molecular complexity index is 1750. The summed E-state index contributed by atoms with van der Waals surface area (Å²) in [6.07, 6.45) is -10.2. The number of amides is 1. The summed E-state index contributed by atoms with van der Waals surface area (Å²) in [6.45, 7) is -1.94. The molecule has 2 fully saturated rings. The summed E-state index contributed by atoms with van der Waals surface area (Å²) in [5.41, 5.74) is -3.43. The first-order valence-corrected chi connectivity index (χ1v) is 13.0. The Morgan fingerprint density at radius 2 is 1.65 bits per heavy atom. The van der Waals surface area contributed by atoms with Crippen molar-refractivity contribution in [1.82, 2.24) is 14.9 Å². The van der Waals surface area contributed by atoms with Crippen LogP contribution < -0.4 is 9.64 Å². The van der Waals surface area contributed by atoms with E-state index in [0.717, 1.165) is 6.07 Å². The highest BCUT2D eigenvalue weighted by atomic mass is 19.4. The third-order valence-corrected chi connectivity index (χ3v) is 7.68. The van der Waals surface area contributed by atoms with Gasteiger partial charge < -0.3 is 19.8 Å². The first kappa shape index (κ1) is 28.6. The summed E-state index contributed by atoms with van der Waals surface area (Å²) < 4.78 is 104. The van der Waals surface area contributed by atoms with Crippen molar-refractivity contribution >= 4 is 33.6 Å². The number of aromatic hydroxyl groups is 1. The van der Waals surface area contributed by atoms with Gasteiger partial charge in [0, 0.05) is 24.0 Å². The van der Waals surface area contributed by atoms with Crippen molar-refractivity contribution in [2.75, 3.05) is 24.6 Å². The van der Waals surface area contributed by atoms with Gasteiger partial charge in [-0.2, -0.15) is 36.3 Å². The van der Waals surface area contributed by atoms with E-state index in [2.05, 4.69) is 9.97 Å². The number of nitrogens with zero attached hydrogens (tertiary/aromatic N) is 4. The summed E-state index contributed by atoms with van der Waals surface area (Å²) in [5, 5.41) is 19.9. The molecule has 1 amide bonds. The summed E-state index contributed by atoms with van der Waals surface area (Å²) in [7, 11) is 0. The van der Waals surface area contributed by atoms with Crippen molar-refractivity contribution < 1.29 is 50.5 Å². The number of ether oxygens (including phenoxy) is 1. The standard InChI is InChI=1S/C28H21F7N4O4/c29-22-21(18-8-16(40)7-13-3-1-2-4-17(13)18)20(28(33,34)35)9-19-23(22)36-25(43-12-27(30,31)32)37-24(19)38-10-14-5-6-15(11-38)39(14)26(41)42/h1-4,7-9,14-15,40H,5-6,10-12H2,(H,41,42)/t14-,15+. The number of piperazine rings is 1. The zero-order chi connectivity index (χ0) is 30.8. The lowest BCUT2D eigenvalue weighted by atomic mass is 9.92. The van der Waals surface area contributed by atoms with E-state index in [-0.39, 0.29) is 29.9 Å². The summed E-state index contributed by atoms with van der Waals surface area (Å²) in [5.74, 6) is -2.26. The molecule has 4 aromatic rings. The van der Waals surface area contributed by atoms with Crippen LogP contribution in [0.5, 0.6) is 11.8 Å². The molecule has 6 rings (SSSR count). The van der Waals surface area contributed by atoms with E-state index in [1.807, 2.05) is 0 Å². The van der Waals surface area contributed by atoms with E-state index in [0.29, 0.717) is 24.3 Å². The van der Waals surface area contributed by atoms with E-state index in [9.17, 15) is 41.4 Å². The number of aromatic nitrogens is 2. The summed E-state index contributed by atoms with van der Waals surface area (Å²) in [6, 6.07) is 6.88. The predicted molar refractivity (Wildman–Crippen MR) is 140 cm³/mol. The normalized spacial score (nSPS) is 19.0. The highest BCUT2D eigenvalue weighted by Crippen LogP contribution is 2.46. The molecule has 2 bridgehead atoms. The minimum Gasteiger partial charge on any atom is -0.508 e. The molecule has 2 N–H and O–H groups in total. The Morgan fingerprint density at radius 3 is 2.28 bits per heavy atom. The van der Waals surface area contributed by atoms with E-state index < -0.39 is 76.7 Å². The monoisotopic (exact) mass is 610 g/mol. The lowest BCUT2D eigenvalue weighted by molar-refractivity contribution is -0.154. The van der Waals surface area contributed by atoms with Crippen molar-refractivity contribution in [3.05, 3.63) is 53.8 Å². The molecule has 3 heterocycles. The van der Waals surface area contributed by atoms with Gasteiger partial charge in [-0.05, 0) is 47.4 Å². The topological polar surface area (TPSA) is 99.0 Å². The number of rotatable bonds is 4. The molecular formula is C28H21F7N4O4. The van der Waals surface area contributed by atoms with Crippen LogP contribution in [-0.4, -0.2) is 69.1 Å². The van der Waals surface area contributed by atoms with Crippen LogP contribution >= 0.6 is 0 Å². The fourth-order valence-corrected chi connectivity index (χ4v) is 6.02. The number of halogens is 7. The molecule has 15 heteroatoms. The second kappa shape index (κ2) is 10.0. The number of alkyl halides is 6. The molecule has 2 aliphatic rings. The van der Waals surface area contributed by atoms with Gasteiger partial charge in [-0.25, -0.2) is 9.18 Å². The Morgan fingerprint density at radius 1 is 0.977 bits per heavy atom. The van der Waals surface area contributed by atoms with Crippen LogP contribution in [0.3, 0.4) is 0 Å². The van der Waals surface area contributed by atoms with Gasteiger partial charge in [0.05, 0.1) is 17.6 Å². The SMILES string of the molecule is O=C(O)N1[C@@H]2CC[C@H]1CN(c1nc(OCC(F)(F)F)nc3c(F)c(-c4cc(O)cc5ccccc45)c(C(F)(F)F)cc13)C2. The molecule has 3 aromatic carbocycles. The van der Waals surface area contributed by atoms with Gasteiger partial charge in [-0.3, -0.25) is 4.90 Å². The second-order valence-electron chi connectivity index (χ2n) is 10.4. The van der Waals surface area contributed by atoms with Crippen LogP contribution in [0.15, 0.2) is 42.5 Å². The number of anilines is 1. The molecule has 0 aliphatic carbocycles. The molecule has 43 heavy (non-hydrogen) atoms. The van der Waals surface area contributed by atoms with Crippen LogP contribution in [-0.2, 0) is 6.18 Å². The van der Waals surface area contributed by atoms with Crippen molar-refractivity contribution in [2.45, 2.75) is 37.3 Å². The number of benzene rings is 3. The van der Waals surface area contributed by atoms with Crippen LogP contribution in [0.1, 0.15) is 18.4 Å². The molecule has 1 aromatic heterocycles.